The van der Waals surface area contributed by atoms with Crippen molar-refractivity contribution in [3.05, 3.63) is 84.3 Å². The van der Waals surface area contributed by atoms with Gasteiger partial charge in [-0.2, -0.15) is 5.10 Å². The summed E-state index contributed by atoms with van der Waals surface area (Å²) in [7, 11) is 0. The molecule has 4 rings (SSSR count). The molecule has 0 fully saturated rings. The fraction of sp³-hybridized carbons (Fsp3) is 0.0476. The number of carbonyl (C=O) groups is 1. The molecule has 0 atom stereocenters. The van der Waals surface area contributed by atoms with Crippen LogP contribution in [0.3, 0.4) is 0 Å². The number of anilines is 1. The molecular formula is C21H17N5O3. The van der Waals surface area contributed by atoms with Gasteiger partial charge < -0.3 is 9.15 Å². The van der Waals surface area contributed by atoms with Gasteiger partial charge in [0, 0.05) is 0 Å². The number of urea groups is 1. The van der Waals surface area contributed by atoms with E-state index in [0.717, 1.165) is 16.3 Å². The van der Waals surface area contributed by atoms with Gasteiger partial charge in [0.25, 0.3) is 5.89 Å². The van der Waals surface area contributed by atoms with E-state index >= 15 is 0 Å². The summed E-state index contributed by atoms with van der Waals surface area (Å²) >= 11 is 0. The number of rotatable bonds is 6. The number of hydrogen-bond acceptors (Lipinski definition) is 6. The quantitative estimate of drug-likeness (QED) is 0.385. The van der Waals surface area contributed by atoms with Gasteiger partial charge in [-0.05, 0) is 28.5 Å². The zero-order valence-corrected chi connectivity index (χ0v) is 15.3. The molecule has 0 radical (unpaired) electrons. The Morgan fingerprint density at radius 1 is 1.00 bits per heavy atom. The number of hydrazone groups is 1. The summed E-state index contributed by atoms with van der Waals surface area (Å²) in [5.41, 5.74) is 3.18. The highest BCUT2D eigenvalue weighted by Gasteiger charge is 2.10. The Kier molecular flexibility index (Phi) is 5.43. The maximum atomic E-state index is 11.8. The van der Waals surface area contributed by atoms with Gasteiger partial charge in [-0.15, -0.1) is 5.10 Å². The van der Waals surface area contributed by atoms with Crippen molar-refractivity contribution in [1.29, 1.82) is 0 Å². The predicted octanol–water partition coefficient (Wildman–Crippen LogP) is 3.96. The largest absolute Gasteiger partial charge is 0.484 e. The fourth-order valence-corrected chi connectivity index (χ4v) is 2.59. The summed E-state index contributed by atoms with van der Waals surface area (Å²) in [5, 5.41) is 16.1. The van der Waals surface area contributed by atoms with Gasteiger partial charge in [-0.1, -0.05) is 65.8 Å². The molecule has 0 saturated heterocycles. The van der Waals surface area contributed by atoms with Gasteiger partial charge in [0.05, 0.1) is 6.21 Å². The summed E-state index contributed by atoms with van der Waals surface area (Å²) in [6, 6.07) is 22.5. The van der Waals surface area contributed by atoms with E-state index in [-0.39, 0.29) is 18.5 Å². The molecule has 2 amide bonds. The third-order valence-electron chi connectivity index (χ3n) is 3.95. The molecule has 4 aromatic rings. The number of carbonyl (C=O) groups excluding carboxylic acids is 1. The Morgan fingerprint density at radius 2 is 1.79 bits per heavy atom. The zero-order chi connectivity index (χ0) is 19.9. The first-order chi connectivity index (χ1) is 14.3. The molecule has 144 valence electrons. The Balaban J connectivity index is 1.28. The Bertz CT molecular complexity index is 1140. The molecule has 8 heteroatoms. The summed E-state index contributed by atoms with van der Waals surface area (Å²) in [6.45, 7) is 0.0841. The second-order valence-corrected chi connectivity index (χ2v) is 6.03. The lowest BCUT2D eigenvalue weighted by Crippen LogP contribution is -2.24. The lowest BCUT2D eigenvalue weighted by Gasteiger charge is -2.04. The predicted molar refractivity (Wildman–Crippen MR) is 109 cm³/mol. The molecule has 2 N–H and O–H groups in total. The van der Waals surface area contributed by atoms with Gasteiger partial charge in [0.2, 0.25) is 0 Å². The van der Waals surface area contributed by atoms with Crippen LogP contribution in [0.15, 0.2) is 82.3 Å². The first kappa shape index (κ1) is 18.2. The highest BCUT2D eigenvalue weighted by molar-refractivity contribution is 5.88. The Morgan fingerprint density at radius 3 is 2.66 bits per heavy atom. The minimum atomic E-state index is -0.595. The highest BCUT2D eigenvalue weighted by Crippen LogP contribution is 2.21. The Hall–Kier alpha value is -4.20. The van der Waals surface area contributed by atoms with Crippen molar-refractivity contribution in [3.63, 3.8) is 0 Å². The zero-order valence-electron chi connectivity index (χ0n) is 15.3. The molecule has 0 aliphatic heterocycles. The second-order valence-electron chi connectivity index (χ2n) is 6.03. The number of hydrogen-bond donors (Lipinski definition) is 2. The van der Waals surface area contributed by atoms with Crippen molar-refractivity contribution >= 4 is 29.0 Å². The first-order valence-corrected chi connectivity index (χ1v) is 8.85. The van der Waals surface area contributed by atoms with Gasteiger partial charge in [-0.25, -0.2) is 10.2 Å². The van der Waals surface area contributed by atoms with Crippen LogP contribution in [0.4, 0.5) is 10.8 Å². The number of benzene rings is 3. The number of ether oxygens (including phenoxy) is 1. The average molecular weight is 387 g/mol. The minimum Gasteiger partial charge on any atom is -0.484 e. The molecule has 0 spiro atoms. The maximum Gasteiger partial charge on any atom is 0.343 e. The number of amides is 2. The summed E-state index contributed by atoms with van der Waals surface area (Å²) < 4.78 is 11.0. The molecule has 1 heterocycles. The maximum absolute atomic E-state index is 11.8. The fourth-order valence-electron chi connectivity index (χ4n) is 2.59. The van der Waals surface area contributed by atoms with Gasteiger partial charge in [-0.3, -0.25) is 5.32 Å². The third kappa shape index (κ3) is 4.95. The molecule has 0 saturated carbocycles. The number of nitrogens with one attached hydrogen (secondary N) is 2. The minimum absolute atomic E-state index is 0.0467. The molecule has 0 unspecified atom stereocenters. The number of fused-ring (bicyclic) bond motifs is 1. The second kappa shape index (κ2) is 8.66. The molecule has 3 aromatic carbocycles. The van der Waals surface area contributed by atoms with Crippen LogP contribution in [0.2, 0.25) is 0 Å². The van der Waals surface area contributed by atoms with Crippen LogP contribution in [0.1, 0.15) is 11.5 Å². The van der Waals surface area contributed by atoms with Gasteiger partial charge in [0.15, 0.2) is 6.61 Å². The van der Waals surface area contributed by atoms with E-state index in [0.29, 0.717) is 5.75 Å². The van der Waals surface area contributed by atoms with Crippen molar-refractivity contribution in [3.8, 4) is 5.75 Å². The van der Waals surface area contributed by atoms with Crippen LogP contribution in [0.5, 0.6) is 5.75 Å². The van der Waals surface area contributed by atoms with Crippen LogP contribution in [0, 0.1) is 0 Å². The summed E-state index contributed by atoms with van der Waals surface area (Å²) in [5.74, 6) is 0.922. The average Bonchev–Trinajstić information content (AvgIpc) is 3.20. The third-order valence-corrected chi connectivity index (χ3v) is 3.95. The van der Waals surface area contributed by atoms with E-state index in [4.69, 9.17) is 9.15 Å². The van der Waals surface area contributed by atoms with E-state index in [2.05, 4.69) is 26.0 Å². The summed E-state index contributed by atoms with van der Waals surface area (Å²) in [6.07, 6.45) is 1.52. The van der Waals surface area contributed by atoms with Crippen molar-refractivity contribution in [2.75, 3.05) is 5.32 Å². The monoisotopic (exact) mass is 387 g/mol. The molecule has 1 aromatic heterocycles. The SMILES string of the molecule is O=C(N/N=C\c1ccccc1)Nc1nnc(COc2ccc3ccccc3c2)o1. The Labute approximate surface area is 166 Å². The molecule has 0 aliphatic rings. The van der Waals surface area contributed by atoms with Crippen LogP contribution in [-0.4, -0.2) is 22.4 Å². The molecular weight excluding hydrogens is 370 g/mol. The van der Waals surface area contributed by atoms with Crippen LogP contribution >= 0.6 is 0 Å². The van der Waals surface area contributed by atoms with E-state index in [1.165, 1.54) is 6.21 Å². The first-order valence-electron chi connectivity index (χ1n) is 8.85. The molecule has 8 nitrogen and oxygen atoms in total. The van der Waals surface area contributed by atoms with Gasteiger partial charge in [0.1, 0.15) is 5.75 Å². The van der Waals surface area contributed by atoms with Gasteiger partial charge >= 0.3 is 12.0 Å². The van der Waals surface area contributed by atoms with E-state index < -0.39 is 6.03 Å². The van der Waals surface area contributed by atoms with Crippen molar-refractivity contribution < 1.29 is 13.9 Å². The molecule has 0 bridgehead atoms. The van der Waals surface area contributed by atoms with Crippen molar-refractivity contribution in [1.82, 2.24) is 15.6 Å². The van der Waals surface area contributed by atoms with Crippen LogP contribution in [0.25, 0.3) is 10.8 Å². The lowest BCUT2D eigenvalue weighted by atomic mass is 10.1. The number of aromatic nitrogens is 2. The summed E-state index contributed by atoms with van der Waals surface area (Å²) in [4.78, 5) is 11.8. The van der Waals surface area contributed by atoms with Crippen molar-refractivity contribution in [2.24, 2.45) is 5.10 Å². The van der Waals surface area contributed by atoms with E-state index in [9.17, 15) is 4.79 Å². The van der Waals surface area contributed by atoms with Crippen LogP contribution in [-0.2, 0) is 6.61 Å². The van der Waals surface area contributed by atoms with Crippen molar-refractivity contribution in [2.45, 2.75) is 6.61 Å². The topological polar surface area (TPSA) is 102 Å². The lowest BCUT2D eigenvalue weighted by molar-refractivity contribution is 0.250. The van der Waals surface area contributed by atoms with Crippen LogP contribution < -0.4 is 15.5 Å². The number of nitrogens with zero attached hydrogens (tertiary/aromatic N) is 3. The standard InChI is InChI=1S/C21H17N5O3/c27-20(25-22-13-15-6-2-1-3-7-15)23-21-26-24-19(29-21)14-28-18-11-10-16-8-4-5-9-17(16)12-18/h1-13H,14H2,(H2,23,25,26,27)/b22-13-. The van der Waals surface area contributed by atoms with E-state index in [1.54, 1.807) is 0 Å². The van der Waals surface area contributed by atoms with E-state index in [1.807, 2.05) is 72.8 Å². The molecule has 29 heavy (non-hydrogen) atoms. The normalized spacial score (nSPS) is 10.9. The smallest absolute Gasteiger partial charge is 0.343 e. The molecule has 0 aliphatic carbocycles. The highest BCUT2D eigenvalue weighted by atomic mass is 16.5.